The fraction of sp³-hybridized carbons (Fsp3) is 0.647. The Kier molecular flexibility index (Phi) is 4.52. The number of hydrogen-bond acceptors (Lipinski definition) is 3. The Bertz CT molecular complexity index is 465. The molecule has 0 saturated carbocycles. The number of benzene rings is 1. The highest BCUT2D eigenvalue weighted by molar-refractivity contribution is 5.32. The molecule has 2 N–H and O–H groups in total. The number of hydrogen-bond donors (Lipinski definition) is 2. The summed E-state index contributed by atoms with van der Waals surface area (Å²) in [6.45, 7) is 9.36. The Balaban J connectivity index is 2.11. The second kappa shape index (κ2) is 5.84. The van der Waals surface area contributed by atoms with Crippen LogP contribution in [0.4, 0.5) is 0 Å². The maximum absolute atomic E-state index is 10.5. The van der Waals surface area contributed by atoms with E-state index in [4.69, 9.17) is 0 Å². The standard InChI is InChI=1S/C17H27NO2/c1-12-7-8-13(2)14(10-12)15(19)11-18-9-5-6-16(18)17(3,4)20/h7-8,10,15-16,19-20H,5-6,9,11H2,1-4H3/t15-,16+/m0/s1. The van der Waals surface area contributed by atoms with E-state index in [0.717, 1.165) is 30.5 Å². The van der Waals surface area contributed by atoms with E-state index in [1.54, 1.807) is 0 Å². The van der Waals surface area contributed by atoms with E-state index in [9.17, 15) is 10.2 Å². The van der Waals surface area contributed by atoms with Gasteiger partial charge < -0.3 is 10.2 Å². The first-order chi connectivity index (χ1) is 9.29. The van der Waals surface area contributed by atoms with Crippen molar-refractivity contribution >= 4 is 0 Å². The van der Waals surface area contributed by atoms with Gasteiger partial charge in [-0.1, -0.05) is 23.8 Å². The van der Waals surface area contributed by atoms with Gasteiger partial charge in [0.15, 0.2) is 0 Å². The molecule has 1 aliphatic heterocycles. The molecule has 0 aromatic heterocycles. The Labute approximate surface area is 122 Å². The van der Waals surface area contributed by atoms with Crippen molar-refractivity contribution in [1.82, 2.24) is 4.90 Å². The zero-order valence-corrected chi connectivity index (χ0v) is 13.1. The summed E-state index contributed by atoms with van der Waals surface area (Å²) in [5.74, 6) is 0. The third-order valence-corrected chi connectivity index (χ3v) is 4.38. The average Bonchev–Trinajstić information content (AvgIpc) is 2.80. The van der Waals surface area contributed by atoms with E-state index < -0.39 is 11.7 Å². The molecule has 1 aromatic carbocycles. The monoisotopic (exact) mass is 277 g/mol. The number of aryl methyl sites for hydroxylation is 2. The minimum atomic E-state index is -0.710. The van der Waals surface area contributed by atoms with Crippen molar-refractivity contribution in [3.63, 3.8) is 0 Å². The van der Waals surface area contributed by atoms with Crippen molar-refractivity contribution in [3.05, 3.63) is 34.9 Å². The van der Waals surface area contributed by atoms with Gasteiger partial charge in [0.25, 0.3) is 0 Å². The summed E-state index contributed by atoms with van der Waals surface area (Å²) in [5, 5.41) is 20.8. The van der Waals surface area contributed by atoms with Gasteiger partial charge in [-0.25, -0.2) is 0 Å². The van der Waals surface area contributed by atoms with E-state index in [1.807, 2.05) is 27.7 Å². The summed E-state index contributed by atoms with van der Waals surface area (Å²) in [4.78, 5) is 2.23. The molecular weight excluding hydrogens is 250 g/mol. The SMILES string of the molecule is Cc1ccc(C)c([C@@H](O)CN2CCC[C@@H]2C(C)(C)O)c1. The first-order valence-corrected chi connectivity index (χ1v) is 7.50. The van der Waals surface area contributed by atoms with Crippen LogP contribution in [0.3, 0.4) is 0 Å². The summed E-state index contributed by atoms with van der Waals surface area (Å²) >= 11 is 0. The molecule has 2 rings (SSSR count). The number of rotatable bonds is 4. The summed E-state index contributed by atoms with van der Waals surface area (Å²) < 4.78 is 0. The van der Waals surface area contributed by atoms with Crippen LogP contribution >= 0.6 is 0 Å². The lowest BCUT2D eigenvalue weighted by Crippen LogP contribution is -2.46. The van der Waals surface area contributed by atoms with Gasteiger partial charge >= 0.3 is 0 Å². The predicted molar refractivity (Wildman–Crippen MR) is 81.8 cm³/mol. The molecule has 2 atom stereocenters. The van der Waals surface area contributed by atoms with E-state index >= 15 is 0 Å². The summed E-state index contributed by atoms with van der Waals surface area (Å²) in [6.07, 6.45) is 1.61. The van der Waals surface area contributed by atoms with Crippen LogP contribution < -0.4 is 0 Å². The molecule has 0 aliphatic carbocycles. The van der Waals surface area contributed by atoms with Crippen molar-refractivity contribution in [3.8, 4) is 0 Å². The van der Waals surface area contributed by atoms with Crippen molar-refractivity contribution in [1.29, 1.82) is 0 Å². The minimum Gasteiger partial charge on any atom is -0.389 e. The van der Waals surface area contributed by atoms with Crippen LogP contribution in [0.15, 0.2) is 18.2 Å². The van der Waals surface area contributed by atoms with Gasteiger partial charge in [0.05, 0.1) is 11.7 Å². The van der Waals surface area contributed by atoms with Crippen LogP contribution in [-0.2, 0) is 0 Å². The van der Waals surface area contributed by atoms with Gasteiger partial charge in [-0.3, -0.25) is 4.90 Å². The number of nitrogens with zero attached hydrogens (tertiary/aromatic N) is 1. The lowest BCUT2D eigenvalue weighted by Gasteiger charge is -2.35. The van der Waals surface area contributed by atoms with Crippen molar-refractivity contribution < 1.29 is 10.2 Å². The van der Waals surface area contributed by atoms with Gasteiger partial charge in [-0.05, 0) is 58.2 Å². The van der Waals surface area contributed by atoms with E-state index in [0.29, 0.717) is 6.54 Å². The smallest absolute Gasteiger partial charge is 0.0919 e. The van der Waals surface area contributed by atoms with Crippen LogP contribution in [0.2, 0.25) is 0 Å². The van der Waals surface area contributed by atoms with Gasteiger partial charge in [0.2, 0.25) is 0 Å². The van der Waals surface area contributed by atoms with Crippen molar-refractivity contribution in [2.75, 3.05) is 13.1 Å². The van der Waals surface area contributed by atoms with E-state index in [-0.39, 0.29) is 6.04 Å². The van der Waals surface area contributed by atoms with Crippen LogP contribution in [0.25, 0.3) is 0 Å². The van der Waals surface area contributed by atoms with Crippen molar-refractivity contribution in [2.24, 2.45) is 0 Å². The Morgan fingerprint density at radius 3 is 2.70 bits per heavy atom. The second-order valence-corrected chi connectivity index (χ2v) is 6.68. The van der Waals surface area contributed by atoms with Gasteiger partial charge in [0, 0.05) is 12.6 Å². The minimum absolute atomic E-state index is 0.141. The lowest BCUT2D eigenvalue weighted by molar-refractivity contribution is -0.0161. The summed E-state index contributed by atoms with van der Waals surface area (Å²) in [7, 11) is 0. The maximum Gasteiger partial charge on any atom is 0.0919 e. The molecule has 1 aliphatic rings. The quantitative estimate of drug-likeness (QED) is 0.889. The molecule has 0 radical (unpaired) electrons. The average molecular weight is 277 g/mol. The van der Waals surface area contributed by atoms with Gasteiger partial charge in [-0.15, -0.1) is 0 Å². The lowest BCUT2D eigenvalue weighted by atomic mass is 9.95. The Hall–Kier alpha value is -0.900. The number of aliphatic hydroxyl groups excluding tert-OH is 1. The molecule has 1 saturated heterocycles. The second-order valence-electron chi connectivity index (χ2n) is 6.68. The molecule has 1 aromatic rings. The summed E-state index contributed by atoms with van der Waals surface area (Å²) in [5.41, 5.74) is 2.59. The molecule has 3 heteroatoms. The molecule has 0 bridgehead atoms. The Morgan fingerprint density at radius 1 is 1.35 bits per heavy atom. The number of aliphatic hydroxyl groups is 2. The van der Waals surface area contributed by atoms with Gasteiger partial charge in [0.1, 0.15) is 0 Å². The highest BCUT2D eigenvalue weighted by atomic mass is 16.3. The molecule has 112 valence electrons. The Morgan fingerprint density at radius 2 is 2.05 bits per heavy atom. The molecule has 0 spiro atoms. The van der Waals surface area contributed by atoms with Crippen LogP contribution in [0.5, 0.6) is 0 Å². The van der Waals surface area contributed by atoms with Crippen LogP contribution in [0, 0.1) is 13.8 Å². The molecule has 0 unspecified atom stereocenters. The highest BCUT2D eigenvalue weighted by Crippen LogP contribution is 2.29. The largest absolute Gasteiger partial charge is 0.389 e. The molecular formula is C17H27NO2. The zero-order valence-electron chi connectivity index (χ0n) is 13.1. The van der Waals surface area contributed by atoms with E-state index in [1.165, 1.54) is 5.56 Å². The fourth-order valence-corrected chi connectivity index (χ4v) is 3.28. The van der Waals surface area contributed by atoms with Crippen LogP contribution in [-0.4, -0.2) is 39.8 Å². The molecule has 3 nitrogen and oxygen atoms in total. The van der Waals surface area contributed by atoms with Crippen LogP contribution in [0.1, 0.15) is 49.5 Å². The van der Waals surface area contributed by atoms with E-state index in [2.05, 4.69) is 23.1 Å². The third kappa shape index (κ3) is 3.40. The number of β-amino-alcohol motifs (C(OH)–C–C–N with tert-alkyl or cyclic N) is 1. The maximum atomic E-state index is 10.5. The van der Waals surface area contributed by atoms with Gasteiger partial charge in [-0.2, -0.15) is 0 Å². The topological polar surface area (TPSA) is 43.7 Å². The number of likely N-dealkylation sites (tertiary alicyclic amines) is 1. The zero-order chi connectivity index (χ0) is 14.9. The fourth-order valence-electron chi connectivity index (χ4n) is 3.28. The third-order valence-electron chi connectivity index (χ3n) is 4.38. The first-order valence-electron chi connectivity index (χ1n) is 7.50. The first kappa shape index (κ1) is 15.5. The predicted octanol–water partition coefficient (Wildman–Crippen LogP) is 2.57. The highest BCUT2D eigenvalue weighted by Gasteiger charge is 2.36. The molecule has 20 heavy (non-hydrogen) atoms. The van der Waals surface area contributed by atoms with Crippen molar-refractivity contribution in [2.45, 2.75) is 58.3 Å². The molecule has 0 amide bonds. The molecule has 1 fully saturated rings. The normalized spacial score (nSPS) is 22.2. The summed E-state index contributed by atoms with van der Waals surface area (Å²) in [6, 6.07) is 6.34. The molecule has 1 heterocycles.